The van der Waals surface area contributed by atoms with Crippen molar-refractivity contribution in [3.05, 3.63) is 99.7 Å². The molecule has 34 heavy (non-hydrogen) atoms. The fraction of sp³-hybridized carbons (Fsp3) is 0.125. The number of halogens is 4. The SMILES string of the molecule is O=C(O)c1ccc(CNC(=O)c2c3ccc(Cl)cc3nn2Cc2ccc(C(F)(F)F)cc2)cc1. The summed E-state index contributed by atoms with van der Waals surface area (Å²) >= 11 is 6.06. The lowest BCUT2D eigenvalue weighted by Crippen LogP contribution is -2.26. The number of carbonyl (C=O) groups excluding carboxylic acids is 1. The average Bonchev–Trinajstić information content (AvgIpc) is 3.14. The van der Waals surface area contributed by atoms with Crippen LogP contribution in [0.15, 0.2) is 66.7 Å². The molecular formula is C24H17ClF3N3O3. The maximum Gasteiger partial charge on any atom is 0.416 e. The number of carbonyl (C=O) groups is 2. The van der Waals surface area contributed by atoms with Gasteiger partial charge in [-0.05, 0) is 53.6 Å². The zero-order valence-electron chi connectivity index (χ0n) is 17.4. The minimum absolute atomic E-state index is 0.0699. The number of carboxylic acid groups (broad SMARTS) is 1. The predicted molar refractivity (Wildman–Crippen MR) is 120 cm³/mol. The number of nitrogens with zero attached hydrogens (tertiary/aromatic N) is 2. The molecular weight excluding hydrogens is 471 g/mol. The van der Waals surface area contributed by atoms with Crippen molar-refractivity contribution in [3.8, 4) is 0 Å². The lowest BCUT2D eigenvalue weighted by molar-refractivity contribution is -0.137. The topological polar surface area (TPSA) is 84.2 Å². The Labute approximate surface area is 196 Å². The van der Waals surface area contributed by atoms with Crippen LogP contribution in [-0.4, -0.2) is 26.8 Å². The summed E-state index contributed by atoms with van der Waals surface area (Å²) in [6, 6.07) is 15.6. The molecule has 2 N–H and O–H groups in total. The number of hydrogen-bond acceptors (Lipinski definition) is 3. The smallest absolute Gasteiger partial charge is 0.416 e. The Morgan fingerprint density at radius 1 is 0.971 bits per heavy atom. The third-order valence-corrected chi connectivity index (χ3v) is 5.42. The lowest BCUT2D eigenvalue weighted by atomic mass is 10.1. The average molecular weight is 488 g/mol. The minimum atomic E-state index is -4.44. The summed E-state index contributed by atoms with van der Waals surface area (Å²) < 4.78 is 40.0. The Morgan fingerprint density at radius 3 is 2.24 bits per heavy atom. The fourth-order valence-corrected chi connectivity index (χ4v) is 3.63. The van der Waals surface area contributed by atoms with Crippen LogP contribution in [0.25, 0.3) is 10.9 Å². The van der Waals surface area contributed by atoms with E-state index >= 15 is 0 Å². The van der Waals surface area contributed by atoms with Crippen LogP contribution < -0.4 is 5.32 Å². The number of rotatable bonds is 6. The Hall–Kier alpha value is -3.85. The van der Waals surface area contributed by atoms with Crippen molar-refractivity contribution in [2.45, 2.75) is 19.3 Å². The highest BCUT2D eigenvalue weighted by atomic mass is 35.5. The molecule has 0 spiro atoms. The first kappa shape index (κ1) is 23.3. The molecule has 0 bridgehead atoms. The van der Waals surface area contributed by atoms with Gasteiger partial charge >= 0.3 is 12.1 Å². The van der Waals surface area contributed by atoms with Gasteiger partial charge in [0.15, 0.2) is 0 Å². The van der Waals surface area contributed by atoms with Crippen LogP contribution in [0, 0.1) is 0 Å². The number of aromatic nitrogens is 2. The standard InChI is InChI=1S/C24H17ClF3N3O3/c25-18-9-10-19-20(11-18)30-31(13-15-3-7-17(8-4-15)24(26,27)28)21(19)22(32)29-12-14-1-5-16(6-2-14)23(33)34/h1-11H,12-13H2,(H,29,32)(H,33,34). The van der Waals surface area contributed by atoms with Crippen molar-refractivity contribution in [1.82, 2.24) is 15.1 Å². The second kappa shape index (κ2) is 9.18. The zero-order chi connectivity index (χ0) is 24.5. The molecule has 4 aromatic rings. The van der Waals surface area contributed by atoms with Crippen molar-refractivity contribution < 1.29 is 27.9 Å². The van der Waals surface area contributed by atoms with Gasteiger partial charge in [0.1, 0.15) is 5.69 Å². The number of fused-ring (bicyclic) bond motifs is 1. The van der Waals surface area contributed by atoms with Crippen LogP contribution in [0.3, 0.4) is 0 Å². The molecule has 0 saturated heterocycles. The molecule has 0 unspecified atom stereocenters. The van der Waals surface area contributed by atoms with Crippen LogP contribution in [0.1, 0.15) is 37.5 Å². The van der Waals surface area contributed by atoms with E-state index in [1.807, 2.05) is 0 Å². The van der Waals surface area contributed by atoms with Crippen LogP contribution in [-0.2, 0) is 19.3 Å². The van der Waals surface area contributed by atoms with Gasteiger partial charge in [0.25, 0.3) is 5.91 Å². The van der Waals surface area contributed by atoms with Crippen LogP contribution >= 0.6 is 11.6 Å². The molecule has 1 amide bonds. The predicted octanol–water partition coefficient (Wildman–Crippen LogP) is 5.39. The first-order valence-corrected chi connectivity index (χ1v) is 10.4. The second-order valence-electron chi connectivity index (χ2n) is 7.55. The molecule has 0 aliphatic heterocycles. The van der Waals surface area contributed by atoms with Gasteiger partial charge in [0.2, 0.25) is 0 Å². The highest BCUT2D eigenvalue weighted by Crippen LogP contribution is 2.29. The molecule has 0 atom stereocenters. The second-order valence-corrected chi connectivity index (χ2v) is 7.98. The fourth-order valence-electron chi connectivity index (χ4n) is 3.46. The van der Waals surface area contributed by atoms with E-state index in [1.54, 1.807) is 30.3 Å². The zero-order valence-corrected chi connectivity index (χ0v) is 18.2. The summed E-state index contributed by atoms with van der Waals surface area (Å²) in [7, 11) is 0. The molecule has 174 valence electrons. The number of hydrogen-bond donors (Lipinski definition) is 2. The number of nitrogens with one attached hydrogen (secondary N) is 1. The summed E-state index contributed by atoms with van der Waals surface area (Å²) in [4.78, 5) is 24.1. The van der Waals surface area contributed by atoms with Gasteiger partial charge in [0.05, 0.1) is 23.2 Å². The molecule has 0 radical (unpaired) electrons. The number of benzene rings is 3. The highest BCUT2D eigenvalue weighted by molar-refractivity contribution is 6.31. The summed E-state index contributed by atoms with van der Waals surface area (Å²) in [5, 5.41) is 17.2. The van der Waals surface area contributed by atoms with E-state index in [1.165, 1.54) is 28.9 Å². The summed E-state index contributed by atoms with van der Waals surface area (Å²) in [6.07, 6.45) is -4.44. The lowest BCUT2D eigenvalue weighted by Gasteiger charge is -2.11. The van der Waals surface area contributed by atoms with Crippen LogP contribution in [0.5, 0.6) is 0 Å². The summed E-state index contributed by atoms with van der Waals surface area (Å²) in [5.74, 6) is -1.49. The van der Waals surface area contributed by atoms with E-state index in [-0.39, 0.29) is 24.3 Å². The van der Waals surface area contributed by atoms with E-state index < -0.39 is 23.6 Å². The van der Waals surface area contributed by atoms with E-state index in [0.717, 1.165) is 12.1 Å². The van der Waals surface area contributed by atoms with Crippen molar-refractivity contribution in [1.29, 1.82) is 0 Å². The summed E-state index contributed by atoms with van der Waals surface area (Å²) in [5.41, 5.74) is 1.29. The molecule has 1 heterocycles. The largest absolute Gasteiger partial charge is 0.478 e. The van der Waals surface area contributed by atoms with Gasteiger partial charge in [-0.15, -0.1) is 0 Å². The van der Waals surface area contributed by atoms with E-state index in [4.69, 9.17) is 16.7 Å². The van der Waals surface area contributed by atoms with Crippen molar-refractivity contribution >= 4 is 34.4 Å². The van der Waals surface area contributed by atoms with Crippen LogP contribution in [0.2, 0.25) is 5.02 Å². The van der Waals surface area contributed by atoms with Crippen LogP contribution in [0.4, 0.5) is 13.2 Å². The molecule has 0 aliphatic rings. The molecule has 0 saturated carbocycles. The van der Waals surface area contributed by atoms with E-state index in [9.17, 15) is 22.8 Å². The van der Waals surface area contributed by atoms with Crippen molar-refractivity contribution in [2.75, 3.05) is 0 Å². The molecule has 0 fully saturated rings. The monoisotopic (exact) mass is 487 g/mol. The third-order valence-electron chi connectivity index (χ3n) is 5.18. The van der Waals surface area contributed by atoms with E-state index in [0.29, 0.717) is 27.1 Å². The maximum absolute atomic E-state index is 13.1. The number of aromatic carboxylic acids is 1. The molecule has 3 aromatic carbocycles. The molecule has 0 aliphatic carbocycles. The Balaban J connectivity index is 1.61. The maximum atomic E-state index is 13.1. The van der Waals surface area contributed by atoms with E-state index in [2.05, 4.69) is 10.4 Å². The summed E-state index contributed by atoms with van der Waals surface area (Å²) in [6.45, 7) is 0.208. The van der Waals surface area contributed by atoms with Crippen molar-refractivity contribution in [2.24, 2.45) is 0 Å². The van der Waals surface area contributed by atoms with Gasteiger partial charge < -0.3 is 10.4 Å². The normalized spacial score (nSPS) is 11.5. The molecule has 1 aromatic heterocycles. The number of alkyl halides is 3. The third kappa shape index (κ3) is 5.04. The van der Waals surface area contributed by atoms with Gasteiger partial charge in [0, 0.05) is 17.0 Å². The number of carboxylic acids is 1. The highest BCUT2D eigenvalue weighted by Gasteiger charge is 2.30. The Kier molecular flexibility index (Phi) is 6.30. The Bertz CT molecular complexity index is 1360. The Morgan fingerprint density at radius 2 is 1.62 bits per heavy atom. The molecule has 6 nitrogen and oxygen atoms in total. The first-order valence-electron chi connectivity index (χ1n) is 10.0. The minimum Gasteiger partial charge on any atom is -0.478 e. The molecule has 4 rings (SSSR count). The van der Waals surface area contributed by atoms with Crippen molar-refractivity contribution in [3.63, 3.8) is 0 Å². The first-order chi connectivity index (χ1) is 16.1. The van der Waals surface area contributed by atoms with Gasteiger partial charge in [-0.2, -0.15) is 18.3 Å². The van der Waals surface area contributed by atoms with Gasteiger partial charge in [-0.1, -0.05) is 35.9 Å². The number of amides is 1. The molecule has 10 heteroatoms. The quantitative estimate of drug-likeness (QED) is 0.382. The van der Waals surface area contributed by atoms with Gasteiger partial charge in [-0.3, -0.25) is 9.48 Å². The van der Waals surface area contributed by atoms with Gasteiger partial charge in [-0.25, -0.2) is 4.79 Å².